The molecule has 0 radical (unpaired) electrons. The van der Waals surface area contributed by atoms with Crippen molar-refractivity contribution in [2.24, 2.45) is 11.3 Å². The molecule has 5 rings (SSSR count). The minimum atomic E-state index is -1.04. The standard InChI is InChI=1S/C27H35N5O6/c1-18-14-19(16-28)2-3-22(18)30-8-10-31(11-9-30)25(34)23-21(24(33)29-36)15-27(6-7-27)17-32(23)26(35)38-20-4-12-37-13-5-20/h2-3,14,20-21,23,36H,4-13,15,17H2,1H3,(H,29,33)/t21-,23-/m0/s1. The van der Waals surface area contributed by atoms with Gasteiger partial charge < -0.3 is 19.3 Å². The fourth-order valence-electron chi connectivity index (χ4n) is 6.10. The lowest BCUT2D eigenvalue weighted by molar-refractivity contribution is -0.151. The molecule has 1 aromatic rings. The number of nitrogens with one attached hydrogen (secondary N) is 1. The number of ether oxygens (including phenoxy) is 2. The highest BCUT2D eigenvalue weighted by Crippen LogP contribution is 2.55. The summed E-state index contributed by atoms with van der Waals surface area (Å²) in [6.45, 7) is 5.38. The van der Waals surface area contributed by atoms with E-state index in [2.05, 4.69) is 11.0 Å². The van der Waals surface area contributed by atoms with Crippen molar-refractivity contribution >= 4 is 23.6 Å². The lowest BCUT2D eigenvalue weighted by Gasteiger charge is -2.46. The van der Waals surface area contributed by atoms with Gasteiger partial charge in [0.2, 0.25) is 11.8 Å². The summed E-state index contributed by atoms with van der Waals surface area (Å²) in [6.07, 6.45) is 2.51. The summed E-state index contributed by atoms with van der Waals surface area (Å²) in [5.41, 5.74) is 4.14. The summed E-state index contributed by atoms with van der Waals surface area (Å²) < 4.78 is 11.2. The number of benzene rings is 1. The number of carbonyl (C=O) groups is 3. The first-order valence-electron chi connectivity index (χ1n) is 13.4. The maximum atomic E-state index is 14.0. The van der Waals surface area contributed by atoms with Gasteiger partial charge >= 0.3 is 6.09 Å². The number of anilines is 1. The molecule has 11 heteroatoms. The van der Waals surface area contributed by atoms with Crippen LogP contribution in [0.25, 0.3) is 0 Å². The van der Waals surface area contributed by atoms with Crippen LogP contribution in [0, 0.1) is 29.6 Å². The molecular weight excluding hydrogens is 490 g/mol. The highest BCUT2D eigenvalue weighted by molar-refractivity contribution is 5.93. The molecule has 0 bridgehead atoms. The largest absolute Gasteiger partial charge is 0.446 e. The monoisotopic (exact) mass is 525 g/mol. The fourth-order valence-corrected chi connectivity index (χ4v) is 6.10. The van der Waals surface area contributed by atoms with Crippen LogP contribution in [-0.2, 0) is 19.1 Å². The zero-order valence-electron chi connectivity index (χ0n) is 21.7. The van der Waals surface area contributed by atoms with Crippen LogP contribution in [0.4, 0.5) is 10.5 Å². The normalized spacial score (nSPS) is 25.0. The molecule has 1 spiro atoms. The van der Waals surface area contributed by atoms with E-state index in [1.807, 2.05) is 19.1 Å². The van der Waals surface area contributed by atoms with Gasteiger partial charge in [-0.1, -0.05) is 0 Å². The molecule has 38 heavy (non-hydrogen) atoms. The third kappa shape index (κ3) is 5.28. The zero-order chi connectivity index (χ0) is 26.9. The summed E-state index contributed by atoms with van der Waals surface area (Å²) in [5.74, 6) is -1.80. The van der Waals surface area contributed by atoms with Crippen molar-refractivity contribution in [2.45, 2.75) is 51.2 Å². The molecule has 3 heterocycles. The second-order valence-electron chi connectivity index (χ2n) is 11.0. The molecule has 4 fully saturated rings. The highest BCUT2D eigenvalue weighted by atomic mass is 16.6. The second-order valence-corrected chi connectivity index (χ2v) is 11.0. The van der Waals surface area contributed by atoms with Crippen molar-refractivity contribution < 1.29 is 29.1 Å². The van der Waals surface area contributed by atoms with Crippen LogP contribution in [0.2, 0.25) is 0 Å². The molecule has 0 unspecified atom stereocenters. The molecule has 3 amide bonds. The molecule has 4 aliphatic rings. The summed E-state index contributed by atoms with van der Waals surface area (Å²) in [7, 11) is 0. The Morgan fingerprint density at radius 3 is 2.47 bits per heavy atom. The number of nitriles is 1. The molecule has 1 aliphatic carbocycles. The van der Waals surface area contributed by atoms with Gasteiger partial charge in [-0.3, -0.25) is 19.7 Å². The van der Waals surface area contributed by atoms with E-state index >= 15 is 0 Å². The molecule has 1 saturated carbocycles. The van der Waals surface area contributed by atoms with E-state index in [1.54, 1.807) is 16.4 Å². The van der Waals surface area contributed by atoms with E-state index < -0.39 is 24.0 Å². The van der Waals surface area contributed by atoms with Crippen LogP contribution in [0.5, 0.6) is 0 Å². The first-order valence-corrected chi connectivity index (χ1v) is 13.4. The number of hydrogen-bond donors (Lipinski definition) is 2. The maximum absolute atomic E-state index is 14.0. The predicted octanol–water partition coefficient (Wildman–Crippen LogP) is 1.81. The average Bonchev–Trinajstić information content (AvgIpc) is 3.70. The van der Waals surface area contributed by atoms with E-state index in [-0.39, 0.29) is 17.4 Å². The SMILES string of the molecule is Cc1cc(C#N)ccc1N1CCN(C(=O)[C@@H]2[C@@H](C(=O)NO)CC3(CC3)CN2C(=O)OC2CCOCC2)CC1. The Morgan fingerprint density at radius 1 is 1.16 bits per heavy atom. The molecule has 2 N–H and O–H groups in total. The summed E-state index contributed by atoms with van der Waals surface area (Å²) in [6, 6.07) is 6.68. The van der Waals surface area contributed by atoms with Crippen LogP contribution in [-0.4, -0.2) is 91.0 Å². The van der Waals surface area contributed by atoms with Gasteiger partial charge in [-0.2, -0.15) is 5.26 Å². The van der Waals surface area contributed by atoms with Gasteiger partial charge in [0.15, 0.2) is 0 Å². The number of aryl methyl sites for hydroxylation is 1. The number of amides is 3. The summed E-state index contributed by atoms with van der Waals surface area (Å²) >= 11 is 0. The third-order valence-electron chi connectivity index (χ3n) is 8.46. The predicted molar refractivity (Wildman–Crippen MR) is 135 cm³/mol. The van der Waals surface area contributed by atoms with Crippen molar-refractivity contribution in [3.05, 3.63) is 29.3 Å². The maximum Gasteiger partial charge on any atom is 0.410 e. The zero-order valence-corrected chi connectivity index (χ0v) is 21.7. The Hall–Kier alpha value is -3.36. The first kappa shape index (κ1) is 26.3. The number of hydrogen-bond acceptors (Lipinski definition) is 8. The molecule has 3 aliphatic heterocycles. The lowest BCUT2D eigenvalue weighted by Crippen LogP contribution is -2.64. The van der Waals surface area contributed by atoms with Crippen LogP contribution < -0.4 is 10.4 Å². The molecule has 0 aromatic heterocycles. The third-order valence-corrected chi connectivity index (χ3v) is 8.46. The van der Waals surface area contributed by atoms with E-state index in [0.717, 1.165) is 24.1 Å². The van der Waals surface area contributed by atoms with Crippen LogP contribution >= 0.6 is 0 Å². The van der Waals surface area contributed by atoms with E-state index in [1.165, 1.54) is 4.90 Å². The van der Waals surface area contributed by atoms with Crippen LogP contribution in [0.15, 0.2) is 18.2 Å². The van der Waals surface area contributed by atoms with Crippen LogP contribution in [0.3, 0.4) is 0 Å². The average molecular weight is 526 g/mol. The van der Waals surface area contributed by atoms with Crippen molar-refractivity contribution in [3.63, 3.8) is 0 Å². The Labute approximate surface area is 222 Å². The number of piperidine rings is 1. The van der Waals surface area contributed by atoms with Crippen molar-refractivity contribution in [1.82, 2.24) is 15.3 Å². The number of rotatable bonds is 4. The molecule has 11 nitrogen and oxygen atoms in total. The van der Waals surface area contributed by atoms with Crippen molar-refractivity contribution in [3.8, 4) is 6.07 Å². The fraction of sp³-hybridized carbons (Fsp3) is 0.630. The molecule has 1 aromatic carbocycles. The lowest BCUT2D eigenvalue weighted by atomic mass is 9.80. The smallest absolute Gasteiger partial charge is 0.410 e. The quantitative estimate of drug-likeness (QED) is 0.449. The summed E-state index contributed by atoms with van der Waals surface area (Å²) in [4.78, 5) is 45.5. The van der Waals surface area contributed by atoms with Gasteiger partial charge in [0.1, 0.15) is 12.1 Å². The topological polar surface area (TPSA) is 135 Å². The van der Waals surface area contributed by atoms with Gasteiger partial charge in [0.25, 0.3) is 0 Å². The van der Waals surface area contributed by atoms with Crippen LogP contribution in [0.1, 0.15) is 43.2 Å². The molecule has 3 saturated heterocycles. The minimum absolute atomic E-state index is 0.214. The van der Waals surface area contributed by atoms with Crippen molar-refractivity contribution in [1.29, 1.82) is 5.26 Å². The Bertz CT molecular complexity index is 1120. The second kappa shape index (κ2) is 10.8. The van der Waals surface area contributed by atoms with Gasteiger partial charge in [-0.25, -0.2) is 10.3 Å². The summed E-state index contributed by atoms with van der Waals surface area (Å²) in [5, 5.41) is 18.7. The first-order chi connectivity index (χ1) is 18.3. The van der Waals surface area contributed by atoms with Gasteiger partial charge in [0.05, 0.1) is 30.8 Å². The Balaban J connectivity index is 1.33. The molecular formula is C27H35N5O6. The van der Waals surface area contributed by atoms with E-state index in [9.17, 15) is 19.6 Å². The number of piperazine rings is 1. The van der Waals surface area contributed by atoms with Gasteiger partial charge in [-0.15, -0.1) is 0 Å². The van der Waals surface area contributed by atoms with Crippen molar-refractivity contribution in [2.75, 3.05) is 50.8 Å². The van der Waals surface area contributed by atoms with E-state index in [4.69, 9.17) is 14.7 Å². The number of hydroxylamine groups is 1. The Kier molecular flexibility index (Phi) is 7.45. The number of carbonyl (C=O) groups excluding carboxylic acids is 3. The van der Waals surface area contributed by atoms with Gasteiger partial charge in [-0.05, 0) is 55.4 Å². The number of likely N-dealkylation sites (tertiary alicyclic amines) is 1. The number of nitrogens with zero attached hydrogens (tertiary/aromatic N) is 4. The minimum Gasteiger partial charge on any atom is -0.446 e. The highest BCUT2D eigenvalue weighted by Gasteiger charge is 2.58. The Morgan fingerprint density at radius 2 is 1.87 bits per heavy atom. The van der Waals surface area contributed by atoms with E-state index in [0.29, 0.717) is 70.8 Å². The molecule has 2 atom stereocenters. The van der Waals surface area contributed by atoms with Gasteiger partial charge in [0, 0.05) is 51.3 Å². The molecule has 204 valence electrons.